The maximum Gasteiger partial charge on any atom is 0.232 e. The summed E-state index contributed by atoms with van der Waals surface area (Å²) in [6.07, 6.45) is 3.95. The molecule has 72 valence electrons. The lowest BCUT2D eigenvalue weighted by molar-refractivity contribution is -0.552. The predicted molar refractivity (Wildman–Crippen MR) is 42.5 cm³/mol. The van der Waals surface area contributed by atoms with E-state index >= 15 is 0 Å². The standard InChI is InChI=1S/C6H4N4O4/c11-10(12)9-3-1-5(7-9)6-2-4-13-14-8-6/h1-4H. The normalized spacial score (nSPS) is 14.1. The first-order valence-electron chi connectivity index (χ1n) is 3.55. The van der Waals surface area contributed by atoms with Gasteiger partial charge in [0.15, 0.2) is 5.71 Å². The third-order valence-corrected chi connectivity index (χ3v) is 1.47. The molecule has 8 nitrogen and oxygen atoms in total. The fourth-order valence-corrected chi connectivity index (χ4v) is 0.883. The van der Waals surface area contributed by atoms with Gasteiger partial charge in [0.1, 0.15) is 12.5 Å². The summed E-state index contributed by atoms with van der Waals surface area (Å²) >= 11 is 0. The van der Waals surface area contributed by atoms with Crippen LogP contribution in [0.4, 0.5) is 0 Å². The highest BCUT2D eigenvalue weighted by atomic mass is 17.3. The van der Waals surface area contributed by atoms with Crippen LogP contribution in [0.3, 0.4) is 0 Å². The van der Waals surface area contributed by atoms with E-state index in [1.54, 1.807) is 0 Å². The van der Waals surface area contributed by atoms with Crippen LogP contribution in [0.5, 0.6) is 0 Å². The molecule has 8 heteroatoms. The Morgan fingerprint density at radius 2 is 2.43 bits per heavy atom. The summed E-state index contributed by atoms with van der Waals surface area (Å²) in [5, 5.41) is 16.7. The minimum atomic E-state index is -0.659. The summed E-state index contributed by atoms with van der Waals surface area (Å²) in [5.74, 6) is 0. The van der Waals surface area contributed by atoms with E-state index in [1.165, 1.54) is 24.6 Å². The molecule has 1 aromatic rings. The molecule has 1 aliphatic rings. The molecule has 0 aromatic carbocycles. The predicted octanol–water partition coefficient (Wildman–Crippen LogP) is 0.102. The van der Waals surface area contributed by atoms with Crippen LogP contribution < -0.4 is 0 Å². The zero-order valence-corrected chi connectivity index (χ0v) is 6.73. The molecular formula is C6H4N4O4. The third kappa shape index (κ3) is 1.40. The van der Waals surface area contributed by atoms with Gasteiger partial charge in [-0.25, -0.2) is 0 Å². The lowest BCUT2D eigenvalue weighted by Crippen LogP contribution is -2.11. The molecule has 14 heavy (non-hydrogen) atoms. The van der Waals surface area contributed by atoms with E-state index in [4.69, 9.17) is 0 Å². The highest BCUT2D eigenvalue weighted by Gasteiger charge is 2.16. The van der Waals surface area contributed by atoms with Crippen molar-refractivity contribution in [1.29, 1.82) is 0 Å². The van der Waals surface area contributed by atoms with Crippen molar-refractivity contribution in [2.75, 3.05) is 0 Å². The molecule has 2 heterocycles. The zero-order valence-electron chi connectivity index (χ0n) is 6.73. The minimum Gasteiger partial charge on any atom is -0.339 e. The average molecular weight is 196 g/mol. The van der Waals surface area contributed by atoms with Crippen molar-refractivity contribution < 1.29 is 14.9 Å². The quantitative estimate of drug-likeness (QED) is 0.380. The first-order valence-corrected chi connectivity index (χ1v) is 3.55. The van der Waals surface area contributed by atoms with E-state index in [-0.39, 0.29) is 0 Å². The monoisotopic (exact) mass is 196 g/mol. The van der Waals surface area contributed by atoms with Gasteiger partial charge in [0.2, 0.25) is 5.69 Å². The zero-order chi connectivity index (χ0) is 9.97. The van der Waals surface area contributed by atoms with Gasteiger partial charge >= 0.3 is 0 Å². The Balaban J connectivity index is 2.28. The van der Waals surface area contributed by atoms with Crippen molar-refractivity contribution in [2.45, 2.75) is 0 Å². The van der Waals surface area contributed by atoms with Crippen LogP contribution in [0.15, 0.2) is 29.8 Å². The van der Waals surface area contributed by atoms with Gasteiger partial charge in [-0.05, 0) is 5.16 Å². The van der Waals surface area contributed by atoms with E-state index in [9.17, 15) is 10.1 Å². The highest BCUT2D eigenvalue weighted by molar-refractivity contribution is 6.06. The van der Waals surface area contributed by atoms with Crippen LogP contribution in [-0.2, 0) is 9.88 Å². The smallest absolute Gasteiger partial charge is 0.232 e. The first-order chi connectivity index (χ1) is 6.77. The summed E-state index contributed by atoms with van der Waals surface area (Å²) in [5.41, 5.74) is 0.693. The number of rotatable bonds is 2. The molecule has 0 amide bonds. The van der Waals surface area contributed by atoms with E-state index in [0.29, 0.717) is 16.2 Å². The number of allylic oxidation sites excluding steroid dienone is 1. The Bertz CT molecular complexity index is 421. The fraction of sp³-hybridized carbons (Fsp3) is 0. The van der Waals surface area contributed by atoms with Gasteiger partial charge in [-0.2, -0.15) is 4.99 Å². The molecule has 1 aromatic heterocycles. The van der Waals surface area contributed by atoms with Gasteiger partial charge in [0.05, 0.1) is 10.1 Å². The Labute approximate surface area is 77.1 Å². The fourth-order valence-electron chi connectivity index (χ4n) is 0.883. The van der Waals surface area contributed by atoms with Crippen molar-refractivity contribution in [3.63, 3.8) is 0 Å². The highest BCUT2D eigenvalue weighted by Crippen LogP contribution is 2.04. The van der Waals surface area contributed by atoms with Crippen LogP contribution in [-0.4, -0.2) is 20.6 Å². The maximum atomic E-state index is 10.3. The Kier molecular flexibility index (Phi) is 1.86. The summed E-state index contributed by atoms with van der Waals surface area (Å²) < 4.78 is 0. The second kappa shape index (κ2) is 3.17. The largest absolute Gasteiger partial charge is 0.339 e. The number of oxime groups is 1. The number of hydrogen-bond donors (Lipinski definition) is 0. The van der Waals surface area contributed by atoms with Crippen molar-refractivity contribution >= 4 is 5.71 Å². The number of hydrogen-bond acceptors (Lipinski definition) is 6. The minimum absolute atomic E-state index is 0.334. The number of aromatic nitrogens is 2. The van der Waals surface area contributed by atoms with Crippen LogP contribution in [0, 0.1) is 10.1 Å². The van der Waals surface area contributed by atoms with Crippen molar-refractivity contribution in [3.05, 3.63) is 40.4 Å². The third-order valence-electron chi connectivity index (χ3n) is 1.47. The Hall–Kier alpha value is -2.38. The molecule has 1 aliphatic heterocycles. The molecule has 0 spiro atoms. The van der Waals surface area contributed by atoms with Gasteiger partial charge in [-0.15, -0.1) is 0 Å². The lowest BCUT2D eigenvalue weighted by Gasteiger charge is -1.98. The molecular weight excluding hydrogens is 192 g/mol. The summed E-state index contributed by atoms with van der Waals surface area (Å²) in [7, 11) is 0. The molecule has 0 bridgehead atoms. The van der Waals surface area contributed by atoms with E-state index in [0.717, 1.165) is 0 Å². The topological polar surface area (TPSA) is 91.8 Å². The molecule has 0 aliphatic carbocycles. The second-order valence-corrected chi connectivity index (χ2v) is 2.31. The molecule has 0 radical (unpaired) electrons. The lowest BCUT2D eigenvalue weighted by atomic mass is 10.3. The van der Waals surface area contributed by atoms with E-state index in [1.807, 2.05) is 0 Å². The Morgan fingerprint density at radius 1 is 1.57 bits per heavy atom. The Morgan fingerprint density at radius 3 is 3.00 bits per heavy atom. The number of nitro groups is 1. The second-order valence-electron chi connectivity index (χ2n) is 2.31. The molecule has 0 unspecified atom stereocenters. The average Bonchev–Trinajstić information content (AvgIpc) is 2.68. The molecule has 0 fully saturated rings. The molecule has 0 atom stereocenters. The molecule has 2 rings (SSSR count). The van der Waals surface area contributed by atoms with Gasteiger partial charge in [0, 0.05) is 16.9 Å². The van der Waals surface area contributed by atoms with Crippen LogP contribution in [0.2, 0.25) is 0 Å². The van der Waals surface area contributed by atoms with Gasteiger partial charge in [-0.1, -0.05) is 0 Å². The molecule has 0 saturated heterocycles. The number of nitrogens with zero attached hydrogens (tertiary/aromatic N) is 4. The first kappa shape index (κ1) is 8.23. The van der Waals surface area contributed by atoms with Crippen molar-refractivity contribution in [1.82, 2.24) is 9.89 Å². The van der Waals surface area contributed by atoms with Crippen LogP contribution in [0.25, 0.3) is 0 Å². The van der Waals surface area contributed by atoms with E-state index < -0.39 is 5.03 Å². The molecule has 0 N–H and O–H groups in total. The SMILES string of the molecule is O=[N+]([O-])n1ccc(C2=NOOC=C2)n1. The van der Waals surface area contributed by atoms with Crippen LogP contribution >= 0.6 is 0 Å². The van der Waals surface area contributed by atoms with Gasteiger partial charge in [0.25, 0.3) is 0 Å². The summed E-state index contributed by atoms with van der Waals surface area (Å²) in [6.45, 7) is 0. The van der Waals surface area contributed by atoms with Crippen LogP contribution in [0.1, 0.15) is 5.69 Å². The maximum absolute atomic E-state index is 10.3. The van der Waals surface area contributed by atoms with E-state index in [2.05, 4.69) is 20.1 Å². The van der Waals surface area contributed by atoms with Crippen molar-refractivity contribution in [3.8, 4) is 0 Å². The van der Waals surface area contributed by atoms with Crippen molar-refractivity contribution in [2.24, 2.45) is 5.16 Å². The van der Waals surface area contributed by atoms with Gasteiger partial charge < -0.3 is 10.1 Å². The molecule has 0 saturated carbocycles. The van der Waals surface area contributed by atoms with Gasteiger partial charge in [-0.3, -0.25) is 4.89 Å². The summed E-state index contributed by atoms with van der Waals surface area (Å²) in [4.78, 5) is 19.5. The summed E-state index contributed by atoms with van der Waals surface area (Å²) in [6, 6.07) is 1.45.